The smallest absolute Gasteiger partial charge is 0.321 e. The van der Waals surface area contributed by atoms with Crippen LogP contribution in [-0.4, -0.2) is 42.0 Å². The third-order valence-electron chi connectivity index (χ3n) is 4.79. The highest BCUT2D eigenvalue weighted by atomic mass is 16.2. The van der Waals surface area contributed by atoms with E-state index in [0.29, 0.717) is 5.92 Å². The molecule has 0 aromatic heterocycles. The Morgan fingerprint density at radius 2 is 1.81 bits per heavy atom. The lowest BCUT2D eigenvalue weighted by Gasteiger charge is -2.34. The lowest BCUT2D eigenvalue weighted by Crippen LogP contribution is -2.53. The van der Waals surface area contributed by atoms with Crippen molar-refractivity contribution < 1.29 is 9.59 Å². The highest BCUT2D eigenvalue weighted by Gasteiger charge is 2.27. The fourth-order valence-corrected chi connectivity index (χ4v) is 3.43. The molecule has 21 heavy (non-hydrogen) atoms. The minimum Gasteiger partial charge on any atom is -0.335 e. The highest BCUT2D eigenvalue weighted by molar-refractivity contribution is 5.96. The molecular formula is C16H29N3O2. The monoisotopic (exact) mass is 295 g/mol. The quantitative estimate of drug-likeness (QED) is 0.839. The molecule has 2 atom stereocenters. The second-order valence-electron chi connectivity index (χ2n) is 6.72. The molecule has 1 aliphatic carbocycles. The lowest BCUT2D eigenvalue weighted by atomic mass is 9.96. The van der Waals surface area contributed by atoms with Crippen molar-refractivity contribution in [3.63, 3.8) is 0 Å². The summed E-state index contributed by atoms with van der Waals surface area (Å²) in [4.78, 5) is 26.3. The number of amides is 3. The van der Waals surface area contributed by atoms with Crippen molar-refractivity contribution >= 4 is 11.9 Å². The maximum atomic E-state index is 12.2. The van der Waals surface area contributed by atoms with Crippen molar-refractivity contribution in [1.82, 2.24) is 15.5 Å². The van der Waals surface area contributed by atoms with E-state index < -0.39 is 0 Å². The van der Waals surface area contributed by atoms with Crippen LogP contribution in [0, 0.1) is 5.92 Å². The number of hydrogen-bond acceptors (Lipinski definition) is 3. The maximum Gasteiger partial charge on any atom is 0.321 e. The zero-order chi connectivity index (χ0) is 15.2. The highest BCUT2D eigenvalue weighted by Crippen LogP contribution is 2.18. The number of rotatable bonds is 3. The molecule has 3 amide bonds. The first-order valence-corrected chi connectivity index (χ1v) is 8.41. The molecule has 120 valence electrons. The van der Waals surface area contributed by atoms with Crippen molar-refractivity contribution in [2.75, 3.05) is 13.1 Å². The van der Waals surface area contributed by atoms with Crippen molar-refractivity contribution in [1.29, 1.82) is 0 Å². The predicted molar refractivity (Wildman–Crippen MR) is 83.0 cm³/mol. The van der Waals surface area contributed by atoms with E-state index in [9.17, 15) is 9.59 Å². The van der Waals surface area contributed by atoms with E-state index in [1.807, 2.05) is 6.92 Å². The van der Waals surface area contributed by atoms with Crippen LogP contribution < -0.4 is 10.6 Å². The number of nitrogens with one attached hydrogen (secondary N) is 2. The molecule has 0 spiro atoms. The number of likely N-dealkylation sites (tertiary alicyclic amines) is 1. The van der Waals surface area contributed by atoms with Gasteiger partial charge >= 0.3 is 6.03 Å². The average molecular weight is 295 g/mol. The van der Waals surface area contributed by atoms with Crippen LogP contribution in [0.2, 0.25) is 0 Å². The predicted octanol–water partition coefficient (Wildman–Crippen LogP) is 2.27. The van der Waals surface area contributed by atoms with Crippen LogP contribution in [0.4, 0.5) is 4.79 Å². The summed E-state index contributed by atoms with van der Waals surface area (Å²) in [7, 11) is 0. The minimum absolute atomic E-state index is 0.183. The van der Waals surface area contributed by atoms with Crippen LogP contribution in [0.3, 0.4) is 0 Å². The molecule has 5 nitrogen and oxygen atoms in total. The average Bonchev–Trinajstić information content (AvgIpc) is 2.47. The molecule has 2 aliphatic rings. The Hall–Kier alpha value is -1.10. The summed E-state index contributed by atoms with van der Waals surface area (Å²) in [5, 5.41) is 5.44. The Bertz CT molecular complexity index is 367. The second-order valence-corrected chi connectivity index (χ2v) is 6.72. The van der Waals surface area contributed by atoms with Crippen molar-refractivity contribution in [3.8, 4) is 0 Å². The summed E-state index contributed by atoms with van der Waals surface area (Å²) < 4.78 is 0. The third kappa shape index (κ3) is 4.99. The van der Waals surface area contributed by atoms with Gasteiger partial charge in [0.25, 0.3) is 0 Å². The standard InChI is InChI=1S/C16H29N3O2/c1-12-7-6-10-19(11-12)13(2)15(20)18-16(21)17-14-8-4-3-5-9-14/h12-14H,3-11H2,1-2H3,(H2,17,18,20,21)/t12-,13-/m0/s1. The van der Waals surface area contributed by atoms with Gasteiger partial charge in [-0.05, 0) is 45.1 Å². The molecule has 1 saturated carbocycles. The van der Waals surface area contributed by atoms with E-state index in [4.69, 9.17) is 0 Å². The van der Waals surface area contributed by atoms with Gasteiger partial charge in [-0.3, -0.25) is 15.0 Å². The summed E-state index contributed by atoms with van der Waals surface area (Å²) in [5.74, 6) is 0.447. The summed E-state index contributed by atoms with van der Waals surface area (Å²) in [5.41, 5.74) is 0. The van der Waals surface area contributed by atoms with E-state index >= 15 is 0 Å². The Morgan fingerprint density at radius 3 is 2.48 bits per heavy atom. The zero-order valence-corrected chi connectivity index (χ0v) is 13.4. The van der Waals surface area contributed by atoms with E-state index in [0.717, 1.165) is 32.4 Å². The van der Waals surface area contributed by atoms with Gasteiger partial charge in [0.05, 0.1) is 6.04 Å². The normalized spacial score (nSPS) is 26.1. The van der Waals surface area contributed by atoms with Crippen molar-refractivity contribution in [2.45, 2.75) is 70.9 Å². The van der Waals surface area contributed by atoms with Gasteiger partial charge in [-0.15, -0.1) is 0 Å². The van der Waals surface area contributed by atoms with Crippen LogP contribution >= 0.6 is 0 Å². The molecule has 0 bridgehead atoms. The van der Waals surface area contributed by atoms with Gasteiger partial charge < -0.3 is 5.32 Å². The van der Waals surface area contributed by atoms with E-state index in [1.165, 1.54) is 25.7 Å². The van der Waals surface area contributed by atoms with Crippen molar-refractivity contribution in [3.05, 3.63) is 0 Å². The molecule has 2 rings (SSSR count). The van der Waals surface area contributed by atoms with Crippen LogP contribution in [0.25, 0.3) is 0 Å². The van der Waals surface area contributed by atoms with Crippen LogP contribution in [0.1, 0.15) is 58.8 Å². The number of hydrogen-bond donors (Lipinski definition) is 2. The molecule has 0 aromatic rings. The third-order valence-corrected chi connectivity index (χ3v) is 4.79. The number of nitrogens with zero attached hydrogens (tertiary/aromatic N) is 1. The van der Waals surface area contributed by atoms with Gasteiger partial charge in [-0.25, -0.2) is 4.79 Å². The molecule has 2 N–H and O–H groups in total. The summed E-state index contributed by atoms with van der Waals surface area (Å²) in [6.07, 6.45) is 8.01. The van der Waals surface area contributed by atoms with E-state index in [-0.39, 0.29) is 24.0 Å². The maximum absolute atomic E-state index is 12.2. The van der Waals surface area contributed by atoms with Crippen LogP contribution in [0.5, 0.6) is 0 Å². The first-order chi connectivity index (χ1) is 10.1. The molecule has 0 aromatic carbocycles. The van der Waals surface area contributed by atoms with Gasteiger partial charge in [-0.1, -0.05) is 26.2 Å². The summed E-state index contributed by atoms with van der Waals surface area (Å²) in [6.45, 7) is 6.00. The van der Waals surface area contributed by atoms with Gasteiger partial charge in [-0.2, -0.15) is 0 Å². The van der Waals surface area contributed by atoms with E-state index in [1.54, 1.807) is 0 Å². The first-order valence-electron chi connectivity index (χ1n) is 8.41. The molecule has 5 heteroatoms. The molecular weight excluding hydrogens is 266 g/mol. The van der Waals surface area contributed by atoms with Gasteiger partial charge in [0.2, 0.25) is 5.91 Å². The number of imide groups is 1. The Balaban J connectivity index is 1.75. The molecule has 2 fully saturated rings. The van der Waals surface area contributed by atoms with Crippen molar-refractivity contribution in [2.24, 2.45) is 5.92 Å². The number of urea groups is 1. The SMILES string of the molecule is C[C@H]1CCCN([C@@H](C)C(=O)NC(=O)NC2CCCCC2)C1. The molecule has 0 radical (unpaired) electrons. The fourth-order valence-electron chi connectivity index (χ4n) is 3.43. The van der Waals surface area contributed by atoms with Gasteiger partial charge in [0, 0.05) is 12.6 Å². The van der Waals surface area contributed by atoms with E-state index in [2.05, 4.69) is 22.5 Å². The molecule has 1 heterocycles. The fraction of sp³-hybridized carbons (Fsp3) is 0.875. The Kier molecular flexibility index (Phi) is 6.03. The molecule has 1 saturated heterocycles. The second kappa shape index (κ2) is 7.78. The Labute approximate surface area is 127 Å². The molecule has 0 unspecified atom stereocenters. The number of piperidine rings is 1. The largest absolute Gasteiger partial charge is 0.335 e. The summed E-state index contributed by atoms with van der Waals surface area (Å²) in [6, 6.07) is -0.328. The number of carbonyl (C=O) groups excluding carboxylic acids is 2. The number of carbonyl (C=O) groups is 2. The minimum atomic E-state index is -0.330. The molecule has 1 aliphatic heterocycles. The summed E-state index contributed by atoms with van der Waals surface area (Å²) >= 11 is 0. The van der Waals surface area contributed by atoms with Crippen LogP contribution in [0.15, 0.2) is 0 Å². The van der Waals surface area contributed by atoms with Gasteiger partial charge in [0.1, 0.15) is 0 Å². The zero-order valence-electron chi connectivity index (χ0n) is 13.4. The lowest BCUT2D eigenvalue weighted by molar-refractivity contribution is -0.125. The topological polar surface area (TPSA) is 61.4 Å². The van der Waals surface area contributed by atoms with Crippen LogP contribution in [-0.2, 0) is 4.79 Å². The first kappa shape index (κ1) is 16.3. The Morgan fingerprint density at radius 1 is 1.10 bits per heavy atom. The van der Waals surface area contributed by atoms with Gasteiger partial charge in [0.15, 0.2) is 0 Å².